The summed E-state index contributed by atoms with van der Waals surface area (Å²) in [5, 5.41) is 0. The van der Waals surface area contributed by atoms with E-state index in [0.717, 1.165) is 12.8 Å². The van der Waals surface area contributed by atoms with Gasteiger partial charge in [0.2, 0.25) is 0 Å². The highest BCUT2D eigenvalue weighted by Crippen LogP contribution is 2.31. The normalized spacial score (nSPS) is 16.8. The lowest BCUT2D eigenvalue weighted by atomic mass is 9.84. The summed E-state index contributed by atoms with van der Waals surface area (Å²) in [6.45, 7) is 16.2. The Balaban J connectivity index is 5.04. The van der Waals surface area contributed by atoms with Gasteiger partial charge in [-0.05, 0) is 48.3 Å². The van der Waals surface area contributed by atoms with Gasteiger partial charge in [-0.1, -0.05) is 55.4 Å². The molecule has 0 aromatic heterocycles. The van der Waals surface area contributed by atoms with Crippen molar-refractivity contribution < 1.29 is 21.6 Å². The Morgan fingerprint density at radius 1 is 0.769 bits per heavy atom. The minimum atomic E-state index is -5.28. The first-order valence-corrected chi connectivity index (χ1v) is 10.9. The van der Waals surface area contributed by atoms with E-state index in [1.165, 1.54) is 0 Å². The van der Waals surface area contributed by atoms with Gasteiger partial charge >= 0.3 is 15.5 Å². The number of hydrogen-bond acceptors (Lipinski definition) is 2. The van der Waals surface area contributed by atoms with Crippen LogP contribution in [0.15, 0.2) is 0 Å². The van der Waals surface area contributed by atoms with Crippen molar-refractivity contribution in [3.05, 3.63) is 0 Å². The summed E-state index contributed by atoms with van der Waals surface area (Å²) in [6.07, 6.45) is 2.54. The molecule has 0 aromatic carbocycles. The van der Waals surface area contributed by atoms with Crippen molar-refractivity contribution in [1.29, 1.82) is 0 Å². The van der Waals surface area contributed by atoms with Crippen LogP contribution in [0.3, 0.4) is 0 Å². The van der Waals surface area contributed by atoms with E-state index in [0.29, 0.717) is 17.1 Å². The fourth-order valence-corrected chi connectivity index (χ4v) is 4.51. The summed E-state index contributed by atoms with van der Waals surface area (Å²) < 4.78 is 63.7. The van der Waals surface area contributed by atoms with E-state index in [1.54, 1.807) is 0 Å². The fraction of sp³-hybridized carbons (Fsp3) is 1.00. The van der Waals surface area contributed by atoms with E-state index in [9.17, 15) is 21.6 Å². The minimum absolute atomic E-state index is 0.0639. The molecule has 7 heteroatoms. The monoisotopic (exact) mass is 401 g/mol. The van der Waals surface area contributed by atoms with Gasteiger partial charge in [-0.3, -0.25) is 0 Å². The molecule has 0 radical (unpaired) electrons. The third-order valence-electron chi connectivity index (χ3n) is 4.30. The lowest BCUT2D eigenvalue weighted by Crippen LogP contribution is -2.42. The van der Waals surface area contributed by atoms with E-state index in [2.05, 4.69) is 41.5 Å². The molecule has 0 rings (SSSR count). The Kier molecular flexibility index (Phi) is 9.16. The van der Waals surface area contributed by atoms with Crippen LogP contribution in [0.4, 0.5) is 13.2 Å². The largest absolute Gasteiger partial charge is 0.511 e. The number of rotatable bonds is 9. The highest BCUT2D eigenvalue weighted by Gasteiger charge is 2.49. The summed E-state index contributed by atoms with van der Waals surface area (Å²) in [5.41, 5.74) is -5.11. The molecule has 0 fully saturated rings. The molecule has 0 N–H and O–H groups in total. The molecule has 158 valence electrons. The van der Waals surface area contributed by atoms with E-state index in [-0.39, 0.29) is 35.8 Å². The van der Waals surface area contributed by atoms with Gasteiger partial charge < -0.3 is 0 Å². The highest BCUT2D eigenvalue weighted by molar-refractivity contribution is 7.90. The van der Waals surface area contributed by atoms with Crippen LogP contribution in [-0.2, 0) is 10.0 Å². The van der Waals surface area contributed by atoms with Crippen molar-refractivity contribution in [3.8, 4) is 0 Å². The molecule has 26 heavy (non-hydrogen) atoms. The van der Waals surface area contributed by atoms with Gasteiger partial charge in [-0.2, -0.15) is 17.5 Å². The molecule has 0 amide bonds. The van der Waals surface area contributed by atoms with E-state index in [4.69, 9.17) is 0 Å². The maximum absolute atomic E-state index is 13.0. The second kappa shape index (κ2) is 9.26. The molecular weight excluding hydrogens is 363 g/mol. The van der Waals surface area contributed by atoms with Crippen LogP contribution in [0.5, 0.6) is 0 Å². The van der Waals surface area contributed by atoms with Crippen molar-refractivity contribution in [2.75, 3.05) is 13.1 Å². The highest BCUT2D eigenvalue weighted by atomic mass is 32.2. The van der Waals surface area contributed by atoms with Gasteiger partial charge in [-0.15, -0.1) is 0 Å². The van der Waals surface area contributed by atoms with E-state index in [1.807, 2.05) is 13.8 Å². The SMILES string of the molecule is C[C@H](CCN(CC[C@@H](C)CC(C)(C)C)S(=O)(=O)C(F)(F)F)CC(C)(C)C. The molecule has 3 nitrogen and oxygen atoms in total. The molecule has 0 spiro atoms. The van der Waals surface area contributed by atoms with Crippen LogP contribution in [0, 0.1) is 22.7 Å². The summed E-state index contributed by atoms with van der Waals surface area (Å²) in [7, 11) is -5.28. The lowest BCUT2D eigenvalue weighted by Gasteiger charge is -2.29. The van der Waals surface area contributed by atoms with Gasteiger partial charge in [0.25, 0.3) is 0 Å². The zero-order valence-corrected chi connectivity index (χ0v) is 18.5. The zero-order chi connectivity index (χ0) is 21.0. The molecule has 0 unspecified atom stereocenters. The lowest BCUT2D eigenvalue weighted by molar-refractivity contribution is -0.0491. The van der Waals surface area contributed by atoms with Crippen LogP contribution in [0.2, 0.25) is 0 Å². The molecule has 0 heterocycles. The smallest absolute Gasteiger partial charge is 0.203 e. The van der Waals surface area contributed by atoms with Crippen LogP contribution in [0.1, 0.15) is 81.1 Å². The topological polar surface area (TPSA) is 37.4 Å². The molecule has 0 saturated heterocycles. The summed E-state index contributed by atoms with van der Waals surface area (Å²) in [6, 6.07) is 0. The van der Waals surface area contributed by atoms with Crippen LogP contribution in [0.25, 0.3) is 0 Å². The fourth-order valence-electron chi connectivity index (χ4n) is 3.52. The first-order valence-electron chi connectivity index (χ1n) is 9.41. The van der Waals surface area contributed by atoms with Crippen molar-refractivity contribution >= 4 is 10.0 Å². The Labute approximate surface area is 158 Å². The van der Waals surface area contributed by atoms with Crippen molar-refractivity contribution in [2.24, 2.45) is 22.7 Å². The number of alkyl halides is 3. The Morgan fingerprint density at radius 3 is 1.31 bits per heavy atom. The summed E-state index contributed by atoms with van der Waals surface area (Å²) in [5.74, 6) is 0.320. The number of nitrogens with zero attached hydrogens (tertiary/aromatic N) is 1. The second-order valence-corrected chi connectivity index (χ2v) is 12.1. The molecule has 2 atom stereocenters. The predicted molar refractivity (Wildman–Crippen MR) is 102 cm³/mol. The molecule has 0 aliphatic rings. The van der Waals surface area contributed by atoms with Gasteiger partial charge in [0, 0.05) is 13.1 Å². The number of halogens is 3. The molecule has 0 aliphatic heterocycles. The average molecular weight is 402 g/mol. The maximum Gasteiger partial charge on any atom is 0.511 e. The van der Waals surface area contributed by atoms with Crippen molar-refractivity contribution in [1.82, 2.24) is 4.31 Å². The zero-order valence-electron chi connectivity index (χ0n) is 17.7. The first kappa shape index (κ1) is 25.7. The van der Waals surface area contributed by atoms with Crippen LogP contribution in [-0.4, -0.2) is 31.3 Å². The summed E-state index contributed by atoms with van der Waals surface area (Å²) >= 11 is 0. The van der Waals surface area contributed by atoms with Crippen molar-refractivity contribution in [2.45, 2.75) is 86.6 Å². The van der Waals surface area contributed by atoms with E-state index >= 15 is 0 Å². The Hall–Kier alpha value is -0.300. The molecular formula is C19H38F3NO2S. The molecule has 0 aliphatic carbocycles. The second-order valence-electron chi connectivity index (χ2n) is 10.2. The minimum Gasteiger partial charge on any atom is -0.203 e. The van der Waals surface area contributed by atoms with Gasteiger partial charge in [-0.25, -0.2) is 8.42 Å². The van der Waals surface area contributed by atoms with Gasteiger partial charge in [0.1, 0.15) is 0 Å². The van der Waals surface area contributed by atoms with Crippen LogP contribution >= 0.6 is 0 Å². The predicted octanol–water partition coefficient (Wildman–Crippen LogP) is 6.06. The average Bonchev–Trinajstić information content (AvgIpc) is 2.32. The molecule has 0 bridgehead atoms. The summed E-state index contributed by atoms with van der Waals surface area (Å²) in [4.78, 5) is 0. The Morgan fingerprint density at radius 2 is 1.08 bits per heavy atom. The van der Waals surface area contributed by atoms with Gasteiger partial charge in [0.05, 0.1) is 0 Å². The number of sulfonamides is 1. The standard InChI is InChI=1S/C19H38F3NO2S/c1-15(13-17(3,4)5)9-11-23(26(24,25)19(20,21)22)12-10-16(2)14-18(6,7)8/h15-16H,9-14H2,1-8H3/t15-,16-/m1/s1. The van der Waals surface area contributed by atoms with E-state index < -0.39 is 15.5 Å². The molecule has 0 saturated carbocycles. The van der Waals surface area contributed by atoms with Gasteiger partial charge in [0.15, 0.2) is 0 Å². The molecule has 0 aromatic rings. The van der Waals surface area contributed by atoms with Crippen LogP contribution < -0.4 is 0 Å². The van der Waals surface area contributed by atoms with Crippen molar-refractivity contribution in [3.63, 3.8) is 0 Å². The third-order valence-corrected chi connectivity index (χ3v) is 5.93. The quantitative estimate of drug-likeness (QED) is 0.471. The first-order chi connectivity index (χ1) is 11.3. The maximum atomic E-state index is 13.0. The third kappa shape index (κ3) is 10.1. The Bertz CT molecular complexity index is 490. The number of hydrogen-bond donors (Lipinski definition) is 0.